The van der Waals surface area contributed by atoms with Crippen LogP contribution >= 0.6 is 0 Å². The lowest BCUT2D eigenvalue weighted by molar-refractivity contribution is 0.0960. The monoisotopic (exact) mass is 321 g/mol. The molecule has 1 amide bonds. The fourth-order valence-corrected chi connectivity index (χ4v) is 1.56. The van der Waals surface area contributed by atoms with Crippen LogP contribution in [0.15, 0.2) is 41.1 Å². The van der Waals surface area contributed by atoms with E-state index in [-0.39, 0.29) is 11.1 Å². The molecule has 0 aliphatic heterocycles. The lowest BCUT2D eigenvalue weighted by Gasteiger charge is -2.07. The fourth-order valence-electron chi connectivity index (χ4n) is 1.56. The summed E-state index contributed by atoms with van der Waals surface area (Å²) in [5, 5.41) is 2.43. The van der Waals surface area contributed by atoms with E-state index in [2.05, 4.69) is 10.3 Å². The third kappa shape index (κ3) is 8.14. The zero-order valence-corrected chi connectivity index (χ0v) is 15.5. The van der Waals surface area contributed by atoms with E-state index in [1.165, 1.54) is 24.1 Å². The highest BCUT2D eigenvalue weighted by Crippen LogP contribution is 2.01. The Balaban J connectivity index is 0. The molecule has 1 N–H and O–H groups in total. The van der Waals surface area contributed by atoms with Crippen molar-refractivity contribution in [2.75, 3.05) is 7.05 Å². The lowest BCUT2D eigenvalue weighted by Crippen LogP contribution is -2.31. The van der Waals surface area contributed by atoms with Gasteiger partial charge >= 0.3 is 0 Å². The predicted molar refractivity (Wildman–Crippen MR) is 97.8 cm³/mol. The molecule has 0 aromatic carbocycles. The number of aromatic nitrogens is 2. The van der Waals surface area contributed by atoms with Crippen molar-refractivity contribution in [2.24, 2.45) is 0 Å². The van der Waals surface area contributed by atoms with Crippen molar-refractivity contribution >= 4 is 5.91 Å². The van der Waals surface area contributed by atoms with E-state index < -0.39 is 5.91 Å². The van der Waals surface area contributed by atoms with Gasteiger partial charge < -0.3 is 5.32 Å². The Hall–Kier alpha value is -2.17. The van der Waals surface area contributed by atoms with Crippen LogP contribution in [-0.2, 0) is 6.54 Å². The molecule has 5 heteroatoms. The van der Waals surface area contributed by atoms with E-state index in [0.29, 0.717) is 6.54 Å². The van der Waals surface area contributed by atoms with Gasteiger partial charge in [0.15, 0.2) is 0 Å². The first-order chi connectivity index (χ1) is 11.1. The second kappa shape index (κ2) is 14.8. The first-order valence-corrected chi connectivity index (χ1v) is 8.22. The molecule has 5 nitrogen and oxygen atoms in total. The summed E-state index contributed by atoms with van der Waals surface area (Å²) in [6.07, 6.45) is 9.59. The van der Waals surface area contributed by atoms with E-state index in [4.69, 9.17) is 0 Å². The average molecular weight is 321 g/mol. The Morgan fingerprint density at radius 3 is 2.39 bits per heavy atom. The largest absolute Gasteiger partial charge is 0.355 e. The van der Waals surface area contributed by atoms with Gasteiger partial charge in [0.05, 0.1) is 12.9 Å². The van der Waals surface area contributed by atoms with Gasteiger partial charge in [-0.3, -0.25) is 14.2 Å². The first kappa shape index (κ1) is 23.1. The van der Waals surface area contributed by atoms with Gasteiger partial charge in [-0.2, -0.15) is 0 Å². The number of hydrogen-bond acceptors (Lipinski definition) is 3. The molecule has 0 saturated heterocycles. The molecular weight excluding hydrogens is 290 g/mol. The van der Waals surface area contributed by atoms with Gasteiger partial charge in [-0.05, 0) is 18.9 Å². The molecule has 130 valence electrons. The smallest absolute Gasteiger partial charge is 0.266 e. The van der Waals surface area contributed by atoms with Crippen molar-refractivity contribution in [2.45, 2.75) is 54.5 Å². The second-order valence-electron chi connectivity index (χ2n) is 3.99. The molecule has 1 aromatic heterocycles. The van der Waals surface area contributed by atoms with Crippen molar-refractivity contribution in [1.82, 2.24) is 14.9 Å². The molecule has 0 unspecified atom stereocenters. The molecule has 23 heavy (non-hydrogen) atoms. The number of rotatable bonds is 5. The summed E-state index contributed by atoms with van der Waals surface area (Å²) in [5.41, 5.74) is 0.721. The van der Waals surface area contributed by atoms with Crippen LogP contribution < -0.4 is 10.9 Å². The topological polar surface area (TPSA) is 64.0 Å². The molecule has 1 rings (SSSR count). The number of nitrogens with one attached hydrogen (secondary N) is 1. The van der Waals surface area contributed by atoms with Gasteiger partial charge in [0, 0.05) is 13.2 Å². The Bertz CT molecular complexity index is 558. The van der Waals surface area contributed by atoms with Crippen LogP contribution in [0.25, 0.3) is 0 Å². The molecular formula is C18H31N3O2. The maximum absolute atomic E-state index is 12.1. The highest BCUT2D eigenvalue weighted by Gasteiger charge is 2.11. The van der Waals surface area contributed by atoms with E-state index >= 15 is 0 Å². The SMILES string of the molecule is C/C=C(\C=C/CC)Cn1cncc(C(=O)NC)c1=O.CC.CC. The van der Waals surface area contributed by atoms with Crippen molar-refractivity contribution in [1.29, 1.82) is 0 Å². The molecule has 0 bridgehead atoms. The molecule has 1 heterocycles. The zero-order valence-electron chi connectivity index (χ0n) is 15.5. The average Bonchev–Trinajstić information content (AvgIpc) is 2.62. The number of nitrogens with zero attached hydrogens (tertiary/aromatic N) is 2. The zero-order chi connectivity index (χ0) is 18.3. The predicted octanol–water partition coefficient (Wildman–Crippen LogP) is 3.57. The highest BCUT2D eigenvalue weighted by molar-refractivity contribution is 5.93. The minimum Gasteiger partial charge on any atom is -0.355 e. The maximum atomic E-state index is 12.1. The maximum Gasteiger partial charge on any atom is 0.266 e. The Kier molecular flexibility index (Phi) is 14.8. The quantitative estimate of drug-likeness (QED) is 0.843. The number of carbonyl (C=O) groups is 1. The molecule has 0 aliphatic carbocycles. The van der Waals surface area contributed by atoms with Crippen LogP contribution in [0, 0.1) is 0 Å². The molecule has 0 fully saturated rings. The Labute approximate surface area is 140 Å². The van der Waals surface area contributed by atoms with E-state index in [0.717, 1.165) is 12.0 Å². The van der Waals surface area contributed by atoms with Gasteiger partial charge in [-0.25, -0.2) is 4.98 Å². The van der Waals surface area contributed by atoms with Crippen LogP contribution in [-0.4, -0.2) is 22.5 Å². The van der Waals surface area contributed by atoms with Crippen LogP contribution in [0.4, 0.5) is 0 Å². The minimum absolute atomic E-state index is 0.0555. The van der Waals surface area contributed by atoms with E-state index in [1.807, 2.05) is 59.8 Å². The fraction of sp³-hybridized carbons (Fsp3) is 0.500. The summed E-state index contributed by atoms with van der Waals surface area (Å²) >= 11 is 0. The Morgan fingerprint density at radius 1 is 1.30 bits per heavy atom. The molecule has 0 aliphatic rings. The van der Waals surface area contributed by atoms with Gasteiger partial charge in [0.25, 0.3) is 11.5 Å². The van der Waals surface area contributed by atoms with Crippen molar-refractivity contribution in [3.8, 4) is 0 Å². The summed E-state index contributed by atoms with van der Waals surface area (Å²) in [6, 6.07) is 0. The van der Waals surface area contributed by atoms with Gasteiger partial charge in [-0.1, -0.05) is 52.8 Å². The minimum atomic E-state index is -0.419. The van der Waals surface area contributed by atoms with E-state index in [1.54, 1.807) is 0 Å². The number of carbonyl (C=O) groups excluding carboxylic acids is 1. The van der Waals surface area contributed by atoms with Crippen molar-refractivity contribution in [3.63, 3.8) is 0 Å². The molecule has 0 atom stereocenters. The van der Waals surface area contributed by atoms with Crippen molar-refractivity contribution in [3.05, 3.63) is 52.2 Å². The third-order valence-electron chi connectivity index (χ3n) is 2.66. The van der Waals surface area contributed by atoms with Gasteiger partial charge in [-0.15, -0.1) is 0 Å². The molecule has 0 radical (unpaired) electrons. The van der Waals surface area contributed by atoms with Gasteiger partial charge in [0.2, 0.25) is 0 Å². The third-order valence-corrected chi connectivity index (χ3v) is 2.66. The normalized spacial score (nSPS) is 10.3. The number of allylic oxidation sites excluding steroid dienone is 4. The summed E-state index contributed by atoms with van der Waals surface area (Å²) in [6.45, 7) is 12.4. The summed E-state index contributed by atoms with van der Waals surface area (Å²) in [5.74, 6) is -0.419. The van der Waals surface area contributed by atoms with Crippen LogP contribution in [0.1, 0.15) is 58.3 Å². The standard InChI is InChI=1S/C14H19N3O2.2C2H6/c1-4-6-7-11(5-2)9-17-10-16-8-12(14(17)19)13(18)15-3;2*1-2/h5-8,10H,4,9H2,1-3H3,(H,15,18);2*1-2H3/b7-6-,11-5+;;. The van der Waals surface area contributed by atoms with Crippen LogP contribution in [0.5, 0.6) is 0 Å². The van der Waals surface area contributed by atoms with Gasteiger partial charge in [0.1, 0.15) is 5.56 Å². The number of amides is 1. The summed E-state index contributed by atoms with van der Waals surface area (Å²) in [7, 11) is 1.49. The van der Waals surface area contributed by atoms with E-state index in [9.17, 15) is 9.59 Å². The first-order valence-electron chi connectivity index (χ1n) is 8.22. The summed E-state index contributed by atoms with van der Waals surface area (Å²) in [4.78, 5) is 27.6. The van der Waals surface area contributed by atoms with Crippen LogP contribution in [0.2, 0.25) is 0 Å². The van der Waals surface area contributed by atoms with Crippen molar-refractivity contribution < 1.29 is 4.79 Å². The molecule has 0 saturated carbocycles. The molecule has 0 spiro atoms. The second-order valence-corrected chi connectivity index (χ2v) is 3.99. The number of hydrogen-bond donors (Lipinski definition) is 1. The molecule has 1 aromatic rings. The summed E-state index contributed by atoms with van der Waals surface area (Å²) < 4.78 is 1.43. The highest BCUT2D eigenvalue weighted by atomic mass is 16.2. The van der Waals surface area contributed by atoms with Crippen LogP contribution in [0.3, 0.4) is 0 Å². The Morgan fingerprint density at radius 2 is 1.91 bits per heavy atom. The lowest BCUT2D eigenvalue weighted by atomic mass is 10.2.